The normalized spacial score (nSPS) is 30.2. The van der Waals surface area contributed by atoms with Crippen molar-refractivity contribution in [2.24, 2.45) is 23.5 Å². The number of nitrogens with one attached hydrogen (secondary N) is 1. The van der Waals surface area contributed by atoms with Crippen molar-refractivity contribution in [2.75, 3.05) is 18.0 Å². The molecule has 0 saturated heterocycles. The van der Waals surface area contributed by atoms with E-state index in [1.807, 2.05) is 24.3 Å². The summed E-state index contributed by atoms with van der Waals surface area (Å²) in [6, 6.07) is 7.86. The lowest BCUT2D eigenvalue weighted by atomic mass is 9.84. The summed E-state index contributed by atoms with van der Waals surface area (Å²) in [6.07, 6.45) is 3.88. The summed E-state index contributed by atoms with van der Waals surface area (Å²) in [7, 11) is 0. The fourth-order valence-corrected chi connectivity index (χ4v) is 4.70. The summed E-state index contributed by atoms with van der Waals surface area (Å²) in [5.41, 5.74) is 8.26. The molecule has 24 heavy (non-hydrogen) atoms. The Bertz CT molecular complexity index is 649. The molecule has 3 N–H and O–H groups in total. The number of benzene rings is 1. The van der Waals surface area contributed by atoms with E-state index < -0.39 is 0 Å². The summed E-state index contributed by atoms with van der Waals surface area (Å²) in [4.78, 5) is 26.3. The number of nitrogens with two attached hydrogens (primary N) is 1. The number of halogens is 1. The van der Waals surface area contributed by atoms with E-state index in [-0.39, 0.29) is 36.2 Å². The molecule has 1 aromatic rings. The summed E-state index contributed by atoms with van der Waals surface area (Å²) in [5, 5.41) is 3.01. The van der Waals surface area contributed by atoms with Gasteiger partial charge in [0.25, 0.3) is 0 Å². The van der Waals surface area contributed by atoms with Crippen molar-refractivity contribution in [2.45, 2.75) is 31.7 Å². The Morgan fingerprint density at radius 3 is 2.75 bits per heavy atom. The van der Waals surface area contributed by atoms with Crippen LogP contribution < -0.4 is 16.0 Å². The maximum atomic E-state index is 12.5. The third kappa shape index (κ3) is 2.80. The largest absolute Gasteiger partial charge is 0.354 e. The highest BCUT2D eigenvalue weighted by Crippen LogP contribution is 2.47. The lowest BCUT2D eigenvalue weighted by molar-refractivity contribution is -0.127. The third-order valence-electron chi connectivity index (χ3n) is 5.84. The van der Waals surface area contributed by atoms with Gasteiger partial charge in [-0.15, -0.1) is 12.4 Å². The molecule has 0 aromatic heterocycles. The number of hydrogen-bond donors (Lipinski definition) is 2. The minimum Gasteiger partial charge on any atom is -0.354 e. The Hall–Kier alpha value is -1.59. The number of nitrogens with zero attached hydrogens (tertiary/aromatic N) is 1. The number of anilines is 1. The molecule has 1 aliphatic heterocycles. The molecule has 3 aliphatic rings. The van der Waals surface area contributed by atoms with Crippen molar-refractivity contribution < 1.29 is 9.59 Å². The van der Waals surface area contributed by atoms with Crippen LogP contribution in [0.3, 0.4) is 0 Å². The molecular formula is C18H24ClN3O2. The molecule has 130 valence electrons. The predicted molar refractivity (Wildman–Crippen MR) is 95.1 cm³/mol. The highest BCUT2D eigenvalue weighted by Gasteiger charge is 2.48. The van der Waals surface area contributed by atoms with Crippen molar-refractivity contribution in [3.8, 4) is 0 Å². The highest BCUT2D eigenvalue weighted by atomic mass is 35.5. The zero-order chi connectivity index (χ0) is 16.0. The minimum absolute atomic E-state index is 0. The molecule has 4 unspecified atom stereocenters. The Labute approximate surface area is 148 Å². The van der Waals surface area contributed by atoms with Crippen LogP contribution in [0.4, 0.5) is 5.69 Å². The fraction of sp³-hybridized carbons (Fsp3) is 0.556. The second-order valence-corrected chi connectivity index (χ2v) is 7.08. The molecule has 2 aliphatic carbocycles. The number of para-hydroxylation sites is 1. The first-order chi connectivity index (χ1) is 11.1. The summed E-state index contributed by atoms with van der Waals surface area (Å²) >= 11 is 0. The molecule has 2 saturated carbocycles. The number of fused-ring (bicyclic) bond motifs is 3. The monoisotopic (exact) mass is 349 g/mol. The molecule has 2 amide bonds. The third-order valence-corrected chi connectivity index (χ3v) is 5.84. The second kappa shape index (κ2) is 6.73. The summed E-state index contributed by atoms with van der Waals surface area (Å²) < 4.78 is 0. The van der Waals surface area contributed by atoms with Crippen LogP contribution in [0.25, 0.3) is 0 Å². The van der Waals surface area contributed by atoms with E-state index in [1.165, 1.54) is 6.42 Å². The van der Waals surface area contributed by atoms with Gasteiger partial charge in [0.2, 0.25) is 11.8 Å². The van der Waals surface area contributed by atoms with Crippen molar-refractivity contribution in [1.29, 1.82) is 0 Å². The van der Waals surface area contributed by atoms with Gasteiger partial charge in [0.1, 0.15) is 0 Å². The maximum Gasteiger partial charge on any atom is 0.231 e. The lowest BCUT2D eigenvalue weighted by Crippen LogP contribution is -2.47. The molecule has 2 fully saturated rings. The SMILES string of the molecule is Cl.NC1C2CCC(C2)C1C(=O)NCCN1C(=O)Cc2ccccc21. The number of hydrogen-bond acceptors (Lipinski definition) is 3. The predicted octanol–water partition coefficient (Wildman–Crippen LogP) is 1.49. The molecule has 0 radical (unpaired) electrons. The van der Waals surface area contributed by atoms with Gasteiger partial charge in [-0.2, -0.15) is 0 Å². The van der Waals surface area contributed by atoms with Gasteiger partial charge >= 0.3 is 0 Å². The molecule has 5 nitrogen and oxygen atoms in total. The second-order valence-electron chi connectivity index (χ2n) is 7.08. The molecule has 0 spiro atoms. The van der Waals surface area contributed by atoms with Crippen LogP contribution in [0.15, 0.2) is 24.3 Å². The minimum atomic E-state index is -0.0321. The summed E-state index contributed by atoms with van der Waals surface area (Å²) in [5.74, 6) is 1.14. The van der Waals surface area contributed by atoms with Crippen LogP contribution in [0, 0.1) is 17.8 Å². The van der Waals surface area contributed by atoms with E-state index in [9.17, 15) is 9.59 Å². The van der Waals surface area contributed by atoms with E-state index in [0.717, 1.165) is 24.1 Å². The van der Waals surface area contributed by atoms with Crippen LogP contribution in [-0.4, -0.2) is 30.9 Å². The van der Waals surface area contributed by atoms with Crippen molar-refractivity contribution in [1.82, 2.24) is 5.32 Å². The van der Waals surface area contributed by atoms with Crippen LogP contribution in [0.2, 0.25) is 0 Å². The first-order valence-electron chi connectivity index (χ1n) is 8.56. The van der Waals surface area contributed by atoms with Gasteiger partial charge in [-0.3, -0.25) is 9.59 Å². The molecule has 4 rings (SSSR count). The van der Waals surface area contributed by atoms with Gasteiger partial charge in [0, 0.05) is 24.8 Å². The average Bonchev–Trinajstić information content (AvgIpc) is 3.20. The molecular weight excluding hydrogens is 326 g/mol. The van der Waals surface area contributed by atoms with E-state index in [4.69, 9.17) is 5.73 Å². The van der Waals surface area contributed by atoms with E-state index >= 15 is 0 Å². The Balaban J connectivity index is 0.00000169. The number of carbonyl (C=O) groups excluding carboxylic acids is 2. The summed E-state index contributed by atoms with van der Waals surface area (Å²) in [6.45, 7) is 1.01. The highest BCUT2D eigenvalue weighted by molar-refractivity contribution is 6.01. The first kappa shape index (κ1) is 17.2. The van der Waals surface area contributed by atoms with Crippen LogP contribution in [0.5, 0.6) is 0 Å². The van der Waals surface area contributed by atoms with Crippen molar-refractivity contribution >= 4 is 29.9 Å². The van der Waals surface area contributed by atoms with Crippen LogP contribution >= 0.6 is 12.4 Å². The molecule has 1 heterocycles. The van der Waals surface area contributed by atoms with Gasteiger partial charge in [-0.25, -0.2) is 0 Å². The van der Waals surface area contributed by atoms with E-state index in [0.29, 0.717) is 31.3 Å². The van der Waals surface area contributed by atoms with Gasteiger partial charge in [-0.1, -0.05) is 18.2 Å². The Kier molecular flexibility index (Phi) is 4.83. The number of carbonyl (C=O) groups is 2. The first-order valence-corrected chi connectivity index (χ1v) is 8.56. The van der Waals surface area contributed by atoms with Crippen molar-refractivity contribution in [3.63, 3.8) is 0 Å². The Morgan fingerprint density at radius 1 is 1.25 bits per heavy atom. The topological polar surface area (TPSA) is 75.4 Å². The van der Waals surface area contributed by atoms with Crippen LogP contribution in [-0.2, 0) is 16.0 Å². The van der Waals surface area contributed by atoms with E-state index in [2.05, 4.69) is 5.32 Å². The zero-order valence-corrected chi connectivity index (χ0v) is 14.4. The molecule has 1 aromatic carbocycles. The van der Waals surface area contributed by atoms with Gasteiger partial charge in [0.15, 0.2) is 0 Å². The maximum absolute atomic E-state index is 12.5. The molecule has 6 heteroatoms. The molecule has 4 atom stereocenters. The fourth-order valence-electron chi connectivity index (χ4n) is 4.70. The average molecular weight is 350 g/mol. The zero-order valence-electron chi connectivity index (χ0n) is 13.6. The smallest absolute Gasteiger partial charge is 0.231 e. The Morgan fingerprint density at radius 2 is 2.00 bits per heavy atom. The number of rotatable bonds is 4. The number of amides is 2. The standard InChI is InChI=1S/C18H23N3O2.ClH/c19-17-13-6-5-12(9-13)16(17)18(23)20-7-8-21-14-4-2-1-3-11(14)10-15(21)22;/h1-4,12-13,16-17H,5-10,19H2,(H,20,23);1H. The van der Waals surface area contributed by atoms with Gasteiger partial charge < -0.3 is 16.0 Å². The van der Waals surface area contributed by atoms with Gasteiger partial charge in [-0.05, 0) is 42.7 Å². The lowest BCUT2D eigenvalue weighted by Gasteiger charge is -2.27. The van der Waals surface area contributed by atoms with E-state index in [1.54, 1.807) is 4.90 Å². The quantitative estimate of drug-likeness (QED) is 0.864. The van der Waals surface area contributed by atoms with Gasteiger partial charge in [0.05, 0.1) is 12.3 Å². The van der Waals surface area contributed by atoms with Crippen LogP contribution in [0.1, 0.15) is 24.8 Å². The molecule has 2 bridgehead atoms. The van der Waals surface area contributed by atoms with Crippen molar-refractivity contribution in [3.05, 3.63) is 29.8 Å².